The van der Waals surface area contributed by atoms with Crippen molar-refractivity contribution in [1.82, 2.24) is 0 Å². The van der Waals surface area contributed by atoms with Gasteiger partial charge in [-0.2, -0.15) is 0 Å². The molecule has 0 fully saturated rings. The van der Waals surface area contributed by atoms with E-state index < -0.39 is 0 Å². The number of aryl methyl sites for hydroxylation is 1. The van der Waals surface area contributed by atoms with E-state index in [0.29, 0.717) is 6.04 Å². The maximum atomic E-state index is 6.27. The molecule has 0 bridgehead atoms. The summed E-state index contributed by atoms with van der Waals surface area (Å²) >= 11 is 8.54. The van der Waals surface area contributed by atoms with Crippen LogP contribution in [0.25, 0.3) is 0 Å². The number of halogens is 2. The maximum absolute atomic E-state index is 6.27. The molecule has 2 aromatic carbocycles. The molecule has 0 radical (unpaired) electrons. The Hall–Kier alpha value is -0.940. The van der Waals surface area contributed by atoms with Gasteiger partial charge >= 0.3 is 0 Å². The fourth-order valence-corrected chi connectivity index (χ4v) is 3.49. The van der Waals surface area contributed by atoms with E-state index in [-0.39, 0.29) is 0 Å². The van der Waals surface area contributed by atoms with E-state index in [2.05, 4.69) is 46.1 Å². The largest absolute Gasteiger partial charge is 0.399 e. The topological polar surface area (TPSA) is 38.0 Å². The van der Waals surface area contributed by atoms with Crippen molar-refractivity contribution in [2.75, 3.05) is 11.1 Å². The molecule has 2 nitrogen and oxygen atoms in total. The number of fused-ring (bicyclic) bond motifs is 1. The molecule has 1 unspecified atom stereocenters. The van der Waals surface area contributed by atoms with E-state index in [4.69, 9.17) is 17.3 Å². The van der Waals surface area contributed by atoms with Crippen molar-refractivity contribution in [1.29, 1.82) is 0 Å². The fraction of sp³-hybridized carbons (Fsp3) is 0.200. The van der Waals surface area contributed by atoms with Gasteiger partial charge in [-0.05, 0) is 76.9 Å². The second kappa shape index (κ2) is 5.21. The molecular formula is C15H14ClIN2. The second-order valence-corrected chi connectivity index (χ2v) is 6.47. The zero-order chi connectivity index (χ0) is 13.4. The van der Waals surface area contributed by atoms with Crippen LogP contribution in [0.1, 0.15) is 23.6 Å². The summed E-state index contributed by atoms with van der Waals surface area (Å²) in [5, 5.41) is 4.31. The van der Waals surface area contributed by atoms with Crippen LogP contribution in [0.3, 0.4) is 0 Å². The number of benzene rings is 2. The number of rotatable bonds is 2. The Morgan fingerprint density at radius 2 is 2.05 bits per heavy atom. The third-order valence-corrected chi connectivity index (χ3v) is 4.49. The average molecular weight is 385 g/mol. The molecule has 3 N–H and O–H groups in total. The number of hydrogen-bond donors (Lipinski definition) is 2. The SMILES string of the molecule is Nc1ccc2c(c1)CCC2Nc1ccc(I)cc1Cl. The smallest absolute Gasteiger partial charge is 0.0648 e. The molecule has 0 heterocycles. The minimum atomic E-state index is 0.327. The van der Waals surface area contributed by atoms with Gasteiger partial charge < -0.3 is 11.1 Å². The Morgan fingerprint density at radius 3 is 2.84 bits per heavy atom. The van der Waals surface area contributed by atoms with Crippen molar-refractivity contribution in [3.63, 3.8) is 0 Å². The summed E-state index contributed by atoms with van der Waals surface area (Å²) in [5.74, 6) is 0. The first-order chi connectivity index (χ1) is 9.13. The first kappa shape index (κ1) is 13.1. The highest BCUT2D eigenvalue weighted by Gasteiger charge is 2.22. The fourth-order valence-electron chi connectivity index (χ4n) is 2.58. The molecule has 98 valence electrons. The Morgan fingerprint density at radius 1 is 1.21 bits per heavy atom. The maximum Gasteiger partial charge on any atom is 0.0648 e. The van der Waals surface area contributed by atoms with E-state index in [9.17, 15) is 0 Å². The Kier molecular flexibility index (Phi) is 3.58. The lowest BCUT2D eigenvalue weighted by molar-refractivity contribution is 0.762. The van der Waals surface area contributed by atoms with Gasteiger partial charge in [-0.15, -0.1) is 0 Å². The third kappa shape index (κ3) is 2.67. The summed E-state index contributed by atoms with van der Waals surface area (Å²) in [6, 6.07) is 12.6. The Balaban J connectivity index is 1.86. The number of nitrogens with one attached hydrogen (secondary N) is 1. The van der Waals surface area contributed by atoms with E-state index in [1.807, 2.05) is 18.2 Å². The van der Waals surface area contributed by atoms with Crippen molar-refractivity contribution < 1.29 is 0 Å². The molecule has 19 heavy (non-hydrogen) atoms. The van der Waals surface area contributed by atoms with Gasteiger partial charge in [-0.1, -0.05) is 17.7 Å². The molecule has 1 aliphatic carbocycles. The summed E-state index contributed by atoms with van der Waals surface area (Å²) in [6.45, 7) is 0. The number of nitrogens with two attached hydrogens (primary N) is 1. The van der Waals surface area contributed by atoms with Crippen LogP contribution in [0.15, 0.2) is 36.4 Å². The molecule has 0 spiro atoms. The Bertz CT molecular complexity index is 628. The van der Waals surface area contributed by atoms with Gasteiger partial charge in [0.05, 0.1) is 16.8 Å². The molecule has 0 saturated heterocycles. The van der Waals surface area contributed by atoms with Crippen molar-refractivity contribution in [3.8, 4) is 0 Å². The van der Waals surface area contributed by atoms with E-state index >= 15 is 0 Å². The lowest BCUT2D eigenvalue weighted by Crippen LogP contribution is -2.07. The molecule has 1 aliphatic rings. The van der Waals surface area contributed by atoms with Crippen molar-refractivity contribution in [2.24, 2.45) is 0 Å². The van der Waals surface area contributed by atoms with Crippen LogP contribution in [0.4, 0.5) is 11.4 Å². The molecule has 2 aromatic rings. The van der Waals surface area contributed by atoms with Crippen LogP contribution in [0, 0.1) is 3.57 Å². The first-order valence-electron chi connectivity index (χ1n) is 6.23. The third-order valence-electron chi connectivity index (χ3n) is 3.51. The second-order valence-electron chi connectivity index (χ2n) is 4.82. The van der Waals surface area contributed by atoms with Gasteiger partial charge in [0.25, 0.3) is 0 Å². The van der Waals surface area contributed by atoms with Gasteiger partial charge in [0, 0.05) is 9.26 Å². The highest BCUT2D eigenvalue weighted by atomic mass is 127. The van der Waals surface area contributed by atoms with Crippen LogP contribution >= 0.6 is 34.2 Å². The molecular weight excluding hydrogens is 371 g/mol. The highest BCUT2D eigenvalue weighted by molar-refractivity contribution is 14.1. The normalized spacial score (nSPS) is 17.3. The summed E-state index contributed by atoms with van der Waals surface area (Å²) in [4.78, 5) is 0. The molecule has 1 atom stereocenters. The van der Waals surface area contributed by atoms with E-state index in [1.54, 1.807) is 0 Å². The van der Waals surface area contributed by atoms with Crippen LogP contribution < -0.4 is 11.1 Å². The van der Waals surface area contributed by atoms with Gasteiger partial charge in [-0.3, -0.25) is 0 Å². The monoisotopic (exact) mass is 384 g/mol. The Labute approximate surface area is 131 Å². The zero-order valence-corrected chi connectivity index (χ0v) is 13.2. The van der Waals surface area contributed by atoms with Gasteiger partial charge in [0.1, 0.15) is 0 Å². The van der Waals surface area contributed by atoms with E-state index in [1.165, 1.54) is 11.1 Å². The minimum Gasteiger partial charge on any atom is -0.399 e. The molecule has 0 aromatic heterocycles. The first-order valence-corrected chi connectivity index (χ1v) is 7.69. The number of hydrogen-bond acceptors (Lipinski definition) is 2. The summed E-state index contributed by atoms with van der Waals surface area (Å²) in [7, 11) is 0. The number of anilines is 2. The molecule has 4 heteroatoms. The van der Waals surface area contributed by atoms with Crippen LogP contribution in [-0.2, 0) is 6.42 Å². The summed E-state index contributed by atoms with van der Waals surface area (Å²) in [6.07, 6.45) is 2.15. The van der Waals surface area contributed by atoms with Crippen molar-refractivity contribution in [2.45, 2.75) is 18.9 Å². The lowest BCUT2D eigenvalue weighted by Gasteiger charge is -2.17. The molecule has 0 amide bonds. The minimum absolute atomic E-state index is 0.327. The molecule has 0 aliphatic heterocycles. The number of nitrogen functional groups attached to an aromatic ring is 1. The van der Waals surface area contributed by atoms with Gasteiger partial charge in [-0.25, -0.2) is 0 Å². The summed E-state index contributed by atoms with van der Waals surface area (Å²) < 4.78 is 1.15. The van der Waals surface area contributed by atoms with Gasteiger partial charge in [0.15, 0.2) is 0 Å². The zero-order valence-electron chi connectivity index (χ0n) is 10.3. The lowest BCUT2D eigenvalue weighted by atomic mass is 10.1. The standard InChI is InChI=1S/C15H14ClIN2/c16-13-8-10(17)2-6-15(13)19-14-5-1-9-7-11(18)3-4-12(9)14/h2-4,6-8,14,19H,1,5,18H2. The van der Waals surface area contributed by atoms with Gasteiger partial charge in [0.2, 0.25) is 0 Å². The summed E-state index contributed by atoms with van der Waals surface area (Å²) in [5.41, 5.74) is 10.3. The van der Waals surface area contributed by atoms with Crippen LogP contribution in [0.2, 0.25) is 5.02 Å². The molecule has 3 rings (SSSR count). The quantitative estimate of drug-likeness (QED) is 0.585. The average Bonchev–Trinajstić information content (AvgIpc) is 2.75. The molecule has 0 saturated carbocycles. The van der Waals surface area contributed by atoms with Crippen molar-refractivity contribution >= 4 is 45.6 Å². The van der Waals surface area contributed by atoms with E-state index in [0.717, 1.165) is 32.8 Å². The van der Waals surface area contributed by atoms with Crippen molar-refractivity contribution in [3.05, 3.63) is 56.1 Å². The predicted octanol–water partition coefficient (Wildman–Crippen LogP) is 4.63. The predicted molar refractivity (Wildman–Crippen MR) is 89.7 cm³/mol. The van der Waals surface area contributed by atoms with Crippen LogP contribution in [0.5, 0.6) is 0 Å². The van der Waals surface area contributed by atoms with Crippen LogP contribution in [-0.4, -0.2) is 0 Å². The highest BCUT2D eigenvalue weighted by Crippen LogP contribution is 2.36.